The van der Waals surface area contributed by atoms with Crippen LogP contribution in [-0.2, 0) is 6.54 Å². The predicted molar refractivity (Wildman–Crippen MR) is 112 cm³/mol. The Balaban J connectivity index is 1.39. The number of carbonyl (C=O) groups is 2. The van der Waals surface area contributed by atoms with Crippen molar-refractivity contribution in [3.8, 4) is 0 Å². The van der Waals surface area contributed by atoms with E-state index in [-0.39, 0.29) is 34.7 Å². The molecule has 1 saturated heterocycles. The molecular formula is C22H20N6O3. The van der Waals surface area contributed by atoms with Crippen LogP contribution >= 0.6 is 0 Å². The van der Waals surface area contributed by atoms with Gasteiger partial charge in [-0.05, 0) is 36.6 Å². The van der Waals surface area contributed by atoms with Crippen molar-refractivity contribution < 1.29 is 9.59 Å². The Hall–Kier alpha value is -3.88. The lowest BCUT2D eigenvalue weighted by Crippen LogP contribution is -2.49. The van der Waals surface area contributed by atoms with Crippen molar-refractivity contribution >= 4 is 17.5 Å². The highest BCUT2D eigenvalue weighted by Crippen LogP contribution is 2.36. The van der Waals surface area contributed by atoms with Gasteiger partial charge >= 0.3 is 0 Å². The maximum atomic E-state index is 13.1. The standard InChI is InChI=1S/C22H20N6O3/c29-20(18-10-24-6-7-25-18)26-17-3-4-19-16-8-14(12-28(19)22(17)31)11-27(13-16)21(30)15-2-1-5-23-9-15/h1-7,9-10,14,16H,8,11-13H2,(H,26,29). The van der Waals surface area contributed by atoms with Crippen LogP contribution in [0.5, 0.6) is 0 Å². The summed E-state index contributed by atoms with van der Waals surface area (Å²) in [6.07, 6.45) is 8.41. The lowest BCUT2D eigenvalue weighted by Gasteiger charge is -2.42. The minimum atomic E-state index is -0.477. The van der Waals surface area contributed by atoms with E-state index in [4.69, 9.17) is 0 Å². The lowest BCUT2D eigenvalue weighted by molar-refractivity contribution is 0.0594. The number of nitrogens with zero attached hydrogens (tertiary/aromatic N) is 5. The molecule has 0 radical (unpaired) electrons. The normalized spacial score (nSPS) is 19.4. The zero-order valence-corrected chi connectivity index (χ0v) is 16.6. The molecule has 2 amide bonds. The smallest absolute Gasteiger partial charge is 0.276 e. The summed E-state index contributed by atoms with van der Waals surface area (Å²) in [7, 11) is 0. The number of anilines is 1. The number of fused-ring (bicyclic) bond motifs is 4. The van der Waals surface area contributed by atoms with Crippen LogP contribution in [0.2, 0.25) is 0 Å². The van der Waals surface area contributed by atoms with E-state index in [1.807, 2.05) is 11.0 Å². The molecule has 1 fully saturated rings. The van der Waals surface area contributed by atoms with Crippen molar-refractivity contribution in [2.75, 3.05) is 18.4 Å². The molecule has 5 heterocycles. The van der Waals surface area contributed by atoms with Gasteiger partial charge in [-0.15, -0.1) is 0 Å². The van der Waals surface area contributed by atoms with E-state index in [9.17, 15) is 14.4 Å². The second kappa shape index (κ2) is 7.75. The third kappa shape index (κ3) is 3.58. The van der Waals surface area contributed by atoms with Crippen LogP contribution in [0.1, 0.15) is 38.9 Å². The number of hydrogen-bond acceptors (Lipinski definition) is 6. The zero-order valence-electron chi connectivity index (χ0n) is 16.6. The highest BCUT2D eigenvalue weighted by atomic mass is 16.2. The highest BCUT2D eigenvalue weighted by Gasteiger charge is 2.37. The fraction of sp³-hybridized carbons (Fsp3) is 0.273. The molecule has 0 spiro atoms. The molecule has 3 aromatic rings. The van der Waals surface area contributed by atoms with Crippen molar-refractivity contribution in [1.29, 1.82) is 0 Å². The third-order valence-corrected chi connectivity index (χ3v) is 5.84. The van der Waals surface area contributed by atoms with Gasteiger partial charge in [0.1, 0.15) is 11.4 Å². The molecule has 156 valence electrons. The van der Waals surface area contributed by atoms with Crippen LogP contribution in [0.15, 0.2) is 60.0 Å². The summed E-state index contributed by atoms with van der Waals surface area (Å²) in [5, 5.41) is 2.64. The second-order valence-electron chi connectivity index (χ2n) is 7.88. The Morgan fingerprint density at radius 3 is 2.65 bits per heavy atom. The second-order valence-corrected chi connectivity index (χ2v) is 7.88. The number of piperidine rings is 1. The molecule has 2 atom stereocenters. The van der Waals surface area contributed by atoms with E-state index < -0.39 is 5.91 Å². The average molecular weight is 416 g/mol. The minimum absolute atomic E-state index is 0.0357. The van der Waals surface area contributed by atoms with Gasteiger partial charge in [-0.2, -0.15) is 0 Å². The predicted octanol–water partition coefficient (Wildman–Crippen LogP) is 1.55. The van der Waals surface area contributed by atoms with Crippen LogP contribution in [0, 0.1) is 5.92 Å². The lowest BCUT2D eigenvalue weighted by atomic mass is 9.83. The van der Waals surface area contributed by atoms with Gasteiger partial charge in [-0.3, -0.25) is 24.4 Å². The fourth-order valence-corrected chi connectivity index (χ4v) is 4.48. The van der Waals surface area contributed by atoms with Gasteiger partial charge in [0, 0.05) is 56.0 Å². The molecule has 0 saturated carbocycles. The maximum Gasteiger partial charge on any atom is 0.276 e. The van der Waals surface area contributed by atoms with Crippen LogP contribution in [0.4, 0.5) is 5.69 Å². The number of rotatable bonds is 3. The Kier molecular flexibility index (Phi) is 4.78. The molecule has 1 N–H and O–H groups in total. The Morgan fingerprint density at radius 2 is 1.87 bits per heavy atom. The number of amides is 2. The van der Waals surface area contributed by atoms with Gasteiger partial charge in [0.25, 0.3) is 17.4 Å². The number of carbonyl (C=O) groups excluding carboxylic acids is 2. The summed E-state index contributed by atoms with van der Waals surface area (Å²) in [6.45, 7) is 1.65. The van der Waals surface area contributed by atoms with Crippen molar-refractivity contribution in [2.45, 2.75) is 18.9 Å². The summed E-state index contributed by atoms with van der Waals surface area (Å²) in [4.78, 5) is 52.1. The van der Waals surface area contributed by atoms with Gasteiger partial charge in [-0.1, -0.05) is 0 Å². The molecule has 0 aliphatic carbocycles. The first-order chi connectivity index (χ1) is 15.1. The van der Waals surface area contributed by atoms with Crippen LogP contribution in [0.3, 0.4) is 0 Å². The van der Waals surface area contributed by atoms with Gasteiger partial charge in [0.05, 0.1) is 11.8 Å². The number of likely N-dealkylation sites (tertiary alicyclic amines) is 1. The quantitative estimate of drug-likeness (QED) is 0.694. The van der Waals surface area contributed by atoms with Gasteiger partial charge in [-0.25, -0.2) is 4.98 Å². The third-order valence-electron chi connectivity index (χ3n) is 5.84. The first-order valence-electron chi connectivity index (χ1n) is 10.1. The largest absolute Gasteiger partial charge is 0.338 e. The van der Waals surface area contributed by atoms with Gasteiger partial charge in [0.15, 0.2) is 0 Å². The first kappa shape index (κ1) is 19.1. The molecule has 2 unspecified atom stereocenters. The molecule has 3 aromatic heterocycles. The fourth-order valence-electron chi connectivity index (χ4n) is 4.48. The molecule has 5 rings (SSSR count). The molecule has 0 aromatic carbocycles. The van der Waals surface area contributed by atoms with E-state index >= 15 is 0 Å². The Bertz CT molecular complexity index is 1190. The van der Waals surface area contributed by atoms with Crippen molar-refractivity contribution in [3.63, 3.8) is 0 Å². The molecule has 9 nitrogen and oxygen atoms in total. The average Bonchev–Trinajstić information content (AvgIpc) is 2.81. The Labute approximate surface area is 177 Å². The number of nitrogens with one attached hydrogen (secondary N) is 1. The Morgan fingerprint density at radius 1 is 1.00 bits per heavy atom. The molecule has 2 aliphatic heterocycles. The van der Waals surface area contributed by atoms with Gasteiger partial charge in [0.2, 0.25) is 0 Å². The number of aromatic nitrogens is 4. The summed E-state index contributed by atoms with van der Waals surface area (Å²) in [5.74, 6) is -0.262. The van der Waals surface area contributed by atoms with E-state index in [1.165, 1.54) is 18.6 Å². The number of pyridine rings is 2. The molecular weight excluding hydrogens is 396 g/mol. The SMILES string of the molecule is O=C(Nc1ccc2n(c1=O)CC1CC2CN(C(=O)c2cccnc2)C1)c1cnccn1. The van der Waals surface area contributed by atoms with E-state index in [2.05, 4.69) is 20.3 Å². The van der Waals surface area contributed by atoms with Crippen molar-refractivity contribution in [2.24, 2.45) is 5.92 Å². The van der Waals surface area contributed by atoms with Crippen molar-refractivity contribution in [3.05, 3.63) is 82.6 Å². The van der Waals surface area contributed by atoms with E-state index in [0.717, 1.165) is 12.1 Å². The van der Waals surface area contributed by atoms with Crippen LogP contribution < -0.4 is 10.9 Å². The molecule has 2 bridgehead atoms. The minimum Gasteiger partial charge on any atom is -0.338 e. The summed E-state index contributed by atoms with van der Waals surface area (Å²) in [6, 6.07) is 7.02. The number of hydrogen-bond donors (Lipinski definition) is 1. The zero-order chi connectivity index (χ0) is 21.4. The van der Waals surface area contributed by atoms with E-state index in [0.29, 0.717) is 25.2 Å². The van der Waals surface area contributed by atoms with Gasteiger partial charge < -0.3 is 14.8 Å². The summed E-state index contributed by atoms with van der Waals surface area (Å²) >= 11 is 0. The monoisotopic (exact) mass is 416 g/mol. The summed E-state index contributed by atoms with van der Waals surface area (Å²) < 4.78 is 1.73. The van der Waals surface area contributed by atoms with Crippen LogP contribution in [0.25, 0.3) is 0 Å². The van der Waals surface area contributed by atoms with E-state index in [1.54, 1.807) is 35.2 Å². The van der Waals surface area contributed by atoms with Crippen molar-refractivity contribution in [1.82, 2.24) is 24.4 Å². The molecule has 2 aliphatic rings. The highest BCUT2D eigenvalue weighted by molar-refractivity contribution is 6.02. The molecule has 9 heteroatoms. The maximum absolute atomic E-state index is 13.1. The summed E-state index contributed by atoms with van der Waals surface area (Å²) in [5.41, 5.74) is 1.58. The molecule has 31 heavy (non-hydrogen) atoms. The first-order valence-corrected chi connectivity index (χ1v) is 10.1. The van der Waals surface area contributed by atoms with Crippen LogP contribution in [-0.4, -0.2) is 49.3 Å². The topological polar surface area (TPSA) is 110 Å².